The van der Waals surface area contributed by atoms with Crippen molar-refractivity contribution in [2.24, 2.45) is 0 Å². The van der Waals surface area contributed by atoms with Gasteiger partial charge in [-0.15, -0.1) is 0 Å². The summed E-state index contributed by atoms with van der Waals surface area (Å²) in [5.41, 5.74) is 3.47. The van der Waals surface area contributed by atoms with Crippen LogP contribution in [0.5, 0.6) is 0 Å². The second-order valence-corrected chi connectivity index (χ2v) is 6.81. The second kappa shape index (κ2) is 9.01. The van der Waals surface area contributed by atoms with Crippen molar-refractivity contribution in [3.63, 3.8) is 0 Å². The fourth-order valence-electron chi connectivity index (χ4n) is 3.10. The van der Waals surface area contributed by atoms with Gasteiger partial charge in [-0.2, -0.15) is 0 Å². The Bertz CT molecular complexity index is 1000. The van der Waals surface area contributed by atoms with Crippen LogP contribution in [0.4, 0.5) is 17.1 Å². The lowest BCUT2D eigenvalue weighted by atomic mass is 10.1. The highest BCUT2D eigenvalue weighted by Crippen LogP contribution is 2.30. The van der Waals surface area contributed by atoms with Crippen LogP contribution in [0.3, 0.4) is 0 Å². The highest BCUT2D eigenvalue weighted by molar-refractivity contribution is 6.05. The summed E-state index contributed by atoms with van der Waals surface area (Å²) in [5, 5.41) is 14.4. The first-order valence-electron chi connectivity index (χ1n) is 9.41. The van der Waals surface area contributed by atoms with E-state index in [4.69, 9.17) is 0 Å². The van der Waals surface area contributed by atoms with E-state index in [1.165, 1.54) is 11.6 Å². The minimum Gasteiger partial charge on any atom is -0.365 e. The second-order valence-electron chi connectivity index (χ2n) is 6.81. The van der Waals surface area contributed by atoms with Crippen LogP contribution in [0.1, 0.15) is 28.4 Å². The lowest BCUT2D eigenvalue weighted by molar-refractivity contribution is -0.384. The van der Waals surface area contributed by atoms with Crippen molar-refractivity contribution in [2.75, 3.05) is 17.3 Å². The molecule has 0 aliphatic rings. The summed E-state index contributed by atoms with van der Waals surface area (Å²) in [6.45, 7) is 2.58. The molecule has 0 spiro atoms. The highest BCUT2D eigenvalue weighted by atomic mass is 16.6. The third kappa shape index (κ3) is 4.99. The van der Waals surface area contributed by atoms with E-state index in [9.17, 15) is 14.9 Å². The number of nitro benzene ring substituents is 1. The third-order valence-electron chi connectivity index (χ3n) is 4.73. The molecule has 0 saturated carbocycles. The van der Waals surface area contributed by atoms with Gasteiger partial charge in [-0.3, -0.25) is 14.9 Å². The van der Waals surface area contributed by atoms with Crippen LogP contribution in [-0.4, -0.2) is 17.9 Å². The molecule has 1 N–H and O–H groups in total. The molecule has 3 aromatic carbocycles. The zero-order valence-corrected chi connectivity index (χ0v) is 16.5. The Labute approximate surface area is 169 Å². The summed E-state index contributed by atoms with van der Waals surface area (Å²) in [6, 6.07) is 21.8. The van der Waals surface area contributed by atoms with Crippen molar-refractivity contribution in [3.8, 4) is 0 Å². The summed E-state index contributed by atoms with van der Waals surface area (Å²) in [7, 11) is 1.80. The number of anilines is 2. The summed E-state index contributed by atoms with van der Waals surface area (Å²) >= 11 is 0. The monoisotopic (exact) mass is 389 g/mol. The molecule has 0 heterocycles. The van der Waals surface area contributed by atoms with E-state index < -0.39 is 4.92 Å². The first kappa shape index (κ1) is 20.1. The van der Waals surface area contributed by atoms with Gasteiger partial charge in [0.25, 0.3) is 11.6 Å². The topological polar surface area (TPSA) is 75.5 Å². The number of hydrogen-bond donors (Lipinski definition) is 1. The Kier molecular flexibility index (Phi) is 6.24. The Morgan fingerprint density at radius 3 is 2.31 bits per heavy atom. The summed E-state index contributed by atoms with van der Waals surface area (Å²) in [4.78, 5) is 25.5. The first-order valence-corrected chi connectivity index (χ1v) is 9.41. The molecule has 148 valence electrons. The molecule has 0 aromatic heterocycles. The number of carbonyl (C=O) groups is 1. The smallest absolute Gasteiger partial charge is 0.293 e. The molecule has 0 aliphatic heterocycles. The van der Waals surface area contributed by atoms with Crippen molar-refractivity contribution in [2.45, 2.75) is 19.9 Å². The molecule has 0 atom stereocenters. The molecule has 3 aromatic rings. The van der Waals surface area contributed by atoms with Gasteiger partial charge in [-0.05, 0) is 41.8 Å². The lowest BCUT2D eigenvalue weighted by Crippen LogP contribution is -2.18. The van der Waals surface area contributed by atoms with Crippen molar-refractivity contribution >= 4 is 23.0 Å². The predicted octanol–water partition coefficient (Wildman–Crippen LogP) is 5.05. The van der Waals surface area contributed by atoms with Crippen molar-refractivity contribution in [1.29, 1.82) is 0 Å². The van der Waals surface area contributed by atoms with E-state index in [-0.39, 0.29) is 17.2 Å². The maximum absolute atomic E-state index is 12.6. The van der Waals surface area contributed by atoms with Gasteiger partial charge in [0.1, 0.15) is 5.69 Å². The summed E-state index contributed by atoms with van der Waals surface area (Å²) in [5.74, 6) is -0.380. The molecular formula is C23H23N3O3. The Morgan fingerprint density at radius 2 is 1.69 bits per heavy atom. The molecule has 6 heteroatoms. The molecule has 3 rings (SSSR count). The van der Waals surface area contributed by atoms with Crippen LogP contribution in [0, 0.1) is 10.1 Å². The highest BCUT2D eigenvalue weighted by Gasteiger charge is 2.20. The van der Waals surface area contributed by atoms with E-state index in [1.807, 2.05) is 54.6 Å². The molecule has 0 aliphatic carbocycles. The largest absolute Gasteiger partial charge is 0.365 e. The SMILES string of the molecule is CCc1ccc(NC(=O)c2ccc(N(C)Cc3ccccc3)c([N+](=O)[O-])c2)cc1. The number of rotatable bonds is 7. The van der Waals surface area contributed by atoms with Crippen molar-refractivity contribution < 1.29 is 9.72 Å². The maximum atomic E-state index is 12.6. The van der Waals surface area contributed by atoms with Gasteiger partial charge in [0.05, 0.1) is 4.92 Å². The zero-order chi connectivity index (χ0) is 20.8. The molecule has 1 amide bonds. The van der Waals surface area contributed by atoms with E-state index in [2.05, 4.69) is 12.2 Å². The van der Waals surface area contributed by atoms with Gasteiger partial charge in [0.2, 0.25) is 0 Å². The number of amides is 1. The van der Waals surface area contributed by atoms with E-state index >= 15 is 0 Å². The first-order chi connectivity index (χ1) is 14.0. The van der Waals surface area contributed by atoms with Crippen LogP contribution < -0.4 is 10.2 Å². The fourth-order valence-corrected chi connectivity index (χ4v) is 3.10. The minimum absolute atomic E-state index is 0.0996. The molecule has 0 saturated heterocycles. The van der Waals surface area contributed by atoms with Crippen molar-refractivity contribution in [3.05, 3.63) is 99.6 Å². The van der Waals surface area contributed by atoms with Crippen LogP contribution in [0.15, 0.2) is 72.8 Å². The number of nitrogens with zero attached hydrogens (tertiary/aromatic N) is 2. The van der Waals surface area contributed by atoms with Crippen LogP contribution in [0.2, 0.25) is 0 Å². The molecule has 0 fully saturated rings. The minimum atomic E-state index is -0.455. The molecule has 29 heavy (non-hydrogen) atoms. The Balaban J connectivity index is 1.81. The Morgan fingerprint density at radius 1 is 1.00 bits per heavy atom. The molecule has 0 bridgehead atoms. The van der Waals surface area contributed by atoms with Gasteiger partial charge in [0.15, 0.2) is 0 Å². The number of carbonyl (C=O) groups excluding carboxylic acids is 1. The van der Waals surface area contributed by atoms with Crippen LogP contribution in [0.25, 0.3) is 0 Å². The van der Waals surface area contributed by atoms with E-state index in [0.717, 1.165) is 12.0 Å². The Hall–Kier alpha value is -3.67. The van der Waals surface area contributed by atoms with Gasteiger partial charge >= 0.3 is 0 Å². The van der Waals surface area contributed by atoms with E-state index in [0.29, 0.717) is 17.9 Å². The fraction of sp³-hybridized carbons (Fsp3) is 0.174. The lowest BCUT2D eigenvalue weighted by Gasteiger charge is -2.19. The van der Waals surface area contributed by atoms with Crippen LogP contribution in [-0.2, 0) is 13.0 Å². The van der Waals surface area contributed by atoms with Gasteiger partial charge < -0.3 is 10.2 Å². The third-order valence-corrected chi connectivity index (χ3v) is 4.73. The number of nitrogens with one attached hydrogen (secondary N) is 1. The number of aryl methyl sites for hydroxylation is 1. The number of hydrogen-bond acceptors (Lipinski definition) is 4. The quantitative estimate of drug-likeness (QED) is 0.453. The maximum Gasteiger partial charge on any atom is 0.293 e. The van der Waals surface area contributed by atoms with Gasteiger partial charge in [-0.25, -0.2) is 0 Å². The van der Waals surface area contributed by atoms with Gasteiger partial charge in [-0.1, -0.05) is 49.4 Å². The number of nitro groups is 1. The predicted molar refractivity (Wildman–Crippen MR) is 115 cm³/mol. The van der Waals surface area contributed by atoms with Crippen molar-refractivity contribution in [1.82, 2.24) is 0 Å². The van der Waals surface area contributed by atoms with E-state index in [1.54, 1.807) is 24.1 Å². The summed E-state index contributed by atoms with van der Waals surface area (Å²) in [6.07, 6.45) is 0.915. The van der Waals surface area contributed by atoms with Crippen LogP contribution >= 0.6 is 0 Å². The summed E-state index contributed by atoms with van der Waals surface area (Å²) < 4.78 is 0. The molecule has 0 unspecified atom stereocenters. The molecule has 6 nitrogen and oxygen atoms in total. The normalized spacial score (nSPS) is 10.4. The van der Waals surface area contributed by atoms with Gasteiger partial charge in [0, 0.05) is 30.9 Å². The molecular weight excluding hydrogens is 366 g/mol. The standard InChI is InChI=1S/C23H23N3O3/c1-3-17-9-12-20(13-10-17)24-23(27)19-11-14-21(22(15-19)26(28)29)25(2)16-18-7-5-4-6-8-18/h4-15H,3,16H2,1-2H3,(H,24,27). The number of benzene rings is 3. The average Bonchev–Trinajstić information content (AvgIpc) is 2.74. The zero-order valence-electron chi connectivity index (χ0n) is 16.5. The molecule has 0 radical (unpaired) electrons. The average molecular weight is 389 g/mol.